The first-order chi connectivity index (χ1) is 21.6. The number of hydrogen-bond acceptors (Lipinski definition) is 3. The fourth-order valence-electron chi connectivity index (χ4n) is 5.20. The molecular weight excluding hydrogens is 661 g/mol. The van der Waals surface area contributed by atoms with Crippen molar-refractivity contribution in [1.29, 1.82) is 0 Å². The van der Waals surface area contributed by atoms with E-state index in [0.717, 1.165) is 14.7 Å². The number of hydrogen-bond donors (Lipinski definition) is 0. The predicted octanol–water partition coefficient (Wildman–Crippen LogP) is 7.65. The van der Waals surface area contributed by atoms with E-state index < -0.39 is 111 Å². The summed E-state index contributed by atoms with van der Waals surface area (Å²) in [5.41, 5.74) is -3.95. The van der Waals surface area contributed by atoms with Crippen molar-refractivity contribution in [1.82, 2.24) is 0 Å². The molecule has 0 N–H and O–H groups in total. The zero-order chi connectivity index (χ0) is 34.9. The van der Waals surface area contributed by atoms with Crippen LogP contribution in [0.15, 0.2) is 0 Å². The second-order valence-corrected chi connectivity index (χ2v) is 11.7. The Morgan fingerprint density at radius 2 is 0.457 bits per heavy atom. The maximum Gasteiger partial charge on any atom is 0.186 e. The molecule has 0 unspecified atom stereocenters. The Hall–Kier alpha value is -3.35. The van der Waals surface area contributed by atoms with Crippen molar-refractivity contribution >= 4 is 40.9 Å². The highest BCUT2D eigenvalue weighted by Gasteiger charge is 2.43. The fourth-order valence-corrected chi connectivity index (χ4v) is 7.64. The fraction of sp³-hybridized carbons (Fsp3) is 0.400. The Kier molecular flexibility index (Phi) is 11.8. The smallest absolute Gasteiger partial charge is 0.186 e. The minimum atomic E-state index is -4.53. The first-order valence-corrected chi connectivity index (χ1v) is 15.6. The molecule has 3 rings (SSSR count). The van der Waals surface area contributed by atoms with Gasteiger partial charge >= 0.3 is 0 Å². The van der Waals surface area contributed by atoms with E-state index in [2.05, 4.69) is 0 Å². The van der Waals surface area contributed by atoms with Crippen LogP contribution in [0.1, 0.15) is 41.5 Å². The van der Waals surface area contributed by atoms with Crippen molar-refractivity contribution < 1.29 is 52.7 Å². The molecule has 0 aromatic heterocycles. The lowest BCUT2D eigenvalue weighted by Crippen LogP contribution is -2.38. The molecule has 0 aliphatic rings. The van der Waals surface area contributed by atoms with Crippen LogP contribution in [-0.4, -0.2) is 39.3 Å². The van der Waals surface area contributed by atoms with Gasteiger partial charge in [-0.15, -0.1) is 0 Å². The lowest BCUT2D eigenvalue weighted by Gasteiger charge is -2.29. The van der Waals surface area contributed by atoms with Gasteiger partial charge in [0.05, 0.1) is 15.9 Å². The number of benzene rings is 3. The second kappa shape index (κ2) is 14.6. The van der Waals surface area contributed by atoms with Gasteiger partial charge in [0, 0.05) is 47.2 Å². The topological polar surface area (TPSA) is 9.72 Å². The van der Waals surface area contributed by atoms with E-state index >= 15 is 52.7 Å². The normalized spacial score (nSPS) is 11.5. The third-order valence-electron chi connectivity index (χ3n) is 7.56. The Balaban J connectivity index is 2.68. The van der Waals surface area contributed by atoms with Gasteiger partial charge < -0.3 is 14.7 Å². The van der Waals surface area contributed by atoms with Crippen molar-refractivity contribution in [2.75, 3.05) is 54.0 Å². The summed E-state index contributed by atoms with van der Waals surface area (Å²) in [5.74, 6) is -28.0. The molecule has 0 spiro atoms. The lowest BCUT2D eigenvalue weighted by atomic mass is 10.2. The SMILES string of the molecule is CCN(CC)c1c(F)c(F)c(P(c2c(F)c(F)c(N(CC)CC)c(F)c2F)c2c(F)c(F)c(N(CC)CC)c(F)c2F)c(F)c1F. The number of anilines is 3. The summed E-state index contributed by atoms with van der Waals surface area (Å²) in [7, 11) is -4.53. The van der Waals surface area contributed by atoms with Gasteiger partial charge in [0.15, 0.2) is 69.8 Å². The highest BCUT2D eigenvalue weighted by molar-refractivity contribution is 7.79. The van der Waals surface area contributed by atoms with E-state index in [4.69, 9.17) is 0 Å². The van der Waals surface area contributed by atoms with E-state index in [9.17, 15) is 0 Å². The maximum absolute atomic E-state index is 15.8. The summed E-state index contributed by atoms with van der Waals surface area (Å²) in [4.78, 5) is 2.38. The van der Waals surface area contributed by atoms with Crippen molar-refractivity contribution in [3.05, 3.63) is 69.8 Å². The van der Waals surface area contributed by atoms with Crippen molar-refractivity contribution in [3.63, 3.8) is 0 Å². The van der Waals surface area contributed by atoms with Gasteiger partial charge in [-0.1, -0.05) is 0 Å². The van der Waals surface area contributed by atoms with Crippen LogP contribution in [0.3, 0.4) is 0 Å². The van der Waals surface area contributed by atoms with Gasteiger partial charge in [0.1, 0.15) is 17.1 Å². The Labute approximate surface area is 259 Å². The molecule has 0 atom stereocenters. The summed E-state index contributed by atoms with van der Waals surface area (Å²) >= 11 is 0. The third kappa shape index (κ3) is 5.84. The van der Waals surface area contributed by atoms with Crippen LogP contribution in [0.25, 0.3) is 0 Å². The molecule has 0 aliphatic heterocycles. The van der Waals surface area contributed by atoms with Crippen LogP contribution < -0.4 is 30.6 Å². The molecule has 0 amide bonds. The quantitative estimate of drug-likeness (QED) is 0.110. The highest BCUT2D eigenvalue weighted by Crippen LogP contribution is 2.45. The summed E-state index contributed by atoms with van der Waals surface area (Å²) in [6, 6.07) is 0. The van der Waals surface area contributed by atoms with Gasteiger partial charge in [-0.25, -0.2) is 52.7 Å². The standard InChI is InChI=1S/C30H30F12N3P/c1-7-43(8-2)25-13(31)19(37)28(20(38)14(25)32)46(29-21(39)15(33)26(16(34)22(29)40)44(9-3)10-4)30-23(41)17(35)27(18(36)24(30)42)45(11-5)12-6/h7-12H2,1-6H3. The summed E-state index contributed by atoms with van der Waals surface area (Å²) in [6.45, 7) is 6.73. The molecule has 0 fully saturated rings. The monoisotopic (exact) mass is 691 g/mol. The molecule has 3 aromatic rings. The average Bonchev–Trinajstić information content (AvgIpc) is 3.04. The summed E-state index contributed by atoms with van der Waals surface area (Å²) in [5, 5.41) is -6.42. The van der Waals surface area contributed by atoms with Gasteiger partial charge in [-0.05, 0) is 41.5 Å². The maximum atomic E-state index is 15.8. The zero-order valence-electron chi connectivity index (χ0n) is 25.6. The minimum Gasteiger partial charge on any atom is -0.367 e. The van der Waals surface area contributed by atoms with Crippen LogP contribution >= 0.6 is 7.92 Å². The Morgan fingerprint density at radius 3 is 0.587 bits per heavy atom. The number of nitrogens with zero attached hydrogens (tertiary/aromatic N) is 3. The Morgan fingerprint density at radius 1 is 0.304 bits per heavy atom. The van der Waals surface area contributed by atoms with Crippen LogP contribution in [0, 0.1) is 69.8 Å². The molecule has 0 saturated carbocycles. The minimum absolute atomic E-state index is 0.226. The first-order valence-electron chi connectivity index (χ1n) is 14.2. The van der Waals surface area contributed by atoms with E-state index in [1.54, 1.807) is 0 Å². The van der Waals surface area contributed by atoms with E-state index in [-0.39, 0.29) is 39.3 Å². The van der Waals surface area contributed by atoms with Crippen LogP contribution in [0.4, 0.5) is 69.7 Å². The molecule has 46 heavy (non-hydrogen) atoms. The largest absolute Gasteiger partial charge is 0.367 e. The first kappa shape index (κ1) is 37.1. The lowest BCUT2D eigenvalue weighted by molar-refractivity contribution is 0.457. The molecule has 0 heterocycles. The zero-order valence-corrected chi connectivity index (χ0v) is 26.5. The molecule has 0 saturated heterocycles. The van der Waals surface area contributed by atoms with Gasteiger partial charge in [0.25, 0.3) is 0 Å². The molecule has 3 aromatic carbocycles. The van der Waals surface area contributed by atoms with E-state index in [1.165, 1.54) is 41.5 Å². The van der Waals surface area contributed by atoms with Gasteiger partial charge in [-0.2, -0.15) is 0 Å². The predicted molar refractivity (Wildman–Crippen MR) is 155 cm³/mol. The average molecular weight is 692 g/mol. The van der Waals surface area contributed by atoms with Crippen molar-refractivity contribution in [3.8, 4) is 0 Å². The van der Waals surface area contributed by atoms with Crippen molar-refractivity contribution in [2.24, 2.45) is 0 Å². The summed E-state index contributed by atoms with van der Waals surface area (Å²) in [6.07, 6.45) is 0. The Bertz CT molecular complexity index is 1350. The van der Waals surface area contributed by atoms with Gasteiger partial charge in [0.2, 0.25) is 0 Å². The number of halogens is 12. The van der Waals surface area contributed by atoms with Crippen LogP contribution in [0.5, 0.6) is 0 Å². The third-order valence-corrected chi connectivity index (χ3v) is 10.1. The molecule has 0 radical (unpaired) electrons. The second-order valence-electron chi connectivity index (χ2n) is 9.71. The van der Waals surface area contributed by atoms with E-state index in [0.29, 0.717) is 0 Å². The highest BCUT2D eigenvalue weighted by atomic mass is 31.1. The molecule has 3 nitrogen and oxygen atoms in total. The molecule has 254 valence electrons. The molecule has 16 heteroatoms. The van der Waals surface area contributed by atoms with Gasteiger partial charge in [-0.3, -0.25) is 0 Å². The molecular formula is C30H30F12N3P. The van der Waals surface area contributed by atoms with Crippen LogP contribution in [0.2, 0.25) is 0 Å². The number of rotatable bonds is 12. The summed E-state index contributed by atoms with van der Waals surface area (Å²) < 4.78 is 188. The molecule has 0 bridgehead atoms. The van der Waals surface area contributed by atoms with Crippen LogP contribution in [-0.2, 0) is 0 Å². The van der Waals surface area contributed by atoms with E-state index in [1.807, 2.05) is 0 Å². The molecule has 0 aliphatic carbocycles. The van der Waals surface area contributed by atoms with Crippen molar-refractivity contribution in [2.45, 2.75) is 41.5 Å².